The number of nitrogens with one attached hydrogen (secondary N) is 3. The zero-order valence-electron chi connectivity index (χ0n) is 14.6. The molecule has 0 aliphatic rings. The molecule has 4 nitrogen and oxygen atoms in total. The molecule has 0 amide bonds. The second-order valence-electron chi connectivity index (χ2n) is 6.28. The largest absolute Gasteiger partial charge is 0.506 e. The molecule has 1 heterocycles. The highest BCUT2D eigenvalue weighted by atomic mass is 32.1. The fourth-order valence-electron chi connectivity index (χ4n) is 2.95. The lowest BCUT2D eigenvalue weighted by Crippen LogP contribution is -2.39. The second-order valence-corrected chi connectivity index (χ2v) is 12.4. The van der Waals surface area contributed by atoms with Crippen molar-refractivity contribution in [2.24, 2.45) is 0 Å². The summed E-state index contributed by atoms with van der Waals surface area (Å²) in [6.45, 7) is 4.85. The van der Waals surface area contributed by atoms with E-state index in [0.717, 1.165) is 23.5 Å². The minimum absolute atomic E-state index is 0.264. The quantitative estimate of drug-likeness (QED) is 0.454. The van der Waals surface area contributed by atoms with E-state index < -0.39 is 8.07 Å². The molecule has 126 valence electrons. The van der Waals surface area contributed by atoms with E-state index in [-0.39, 0.29) is 5.75 Å². The fourth-order valence-corrected chi connectivity index (χ4v) is 6.86. The smallest absolute Gasteiger partial charge is 0.142 e. The van der Waals surface area contributed by atoms with Crippen LogP contribution in [0.5, 0.6) is 5.75 Å². The summed E-state index contributed by atoms with van der Waals surface area (Å²) in [6, 6.07) is 7.39. The van der Waals surface area contributed by atoms with Crippen LogP contribution in [0.2, 0.25) is 19.1 Å². The Morgan fingerprint density at radius 3 is 2.30 bits per heavy atom. The summed E-state index contributed by atoms with van der Waals surface area (Å²) in [6.07, 6.45) is 0.985. The van der Waals surface area contributed by atoms with E-state index in [1.54, 1.807) is 4.50 Å². The van der Waals surface area contributed by atoms with Crippen molar-refractivity contribution >= 4 is 41.0 Å². The first-order chi connectivity index (χ1) is 10.9. The molecular formula is C17H27N3OSSi. The van der Waals surface area contributed by atoms with Gasteiger partial charge >= 0.3 is 0 Å². The lowest BCUT2D eigenvalue weighted by molar-refractivity contribution is 0.478. The van der Waals surface area contributed by atoms with Gasteiger partial charge in [-0.05, 0) is 22.3 Å². The van der Waals surface area contributed by atoms with Crippen LogP contribution in [0.3, 0.4) is 0 Å². The number of hydrogen-bond acceptors (Lipinski definition) is 5. The van der Waals surface area contributed by atoms with Gasteiger partial charge in [0.1, 0.15) is 11.4 Å². The first kappa shape index (κ1) is 17.7. The number of rotatable bonds is 7. The molecule has 0 fully saturated rings. The maximum absolute atomic E-state index is 10.2. The molecule has 4 N–H and O–H groups in total. The Morgan fingerprint density at radius 1 is 1.09 bits per heavy atom. The van der Waals surface area contributed by atoms with Crippen molar-refractivity contribution in [3.8, 4) is 5.75 Å². The molecule has 23 heavy (non-hydrogen) atoms. The average Bonchev–Trinajstić information content (AvgIpc) is 3.07. The molecular weight excluding hydrogens is 322 g/mol. The number of phenolic OH excluding ortho intramolecular Hbond substituents is 1. The van der Waals surface area contributed by atoms with Gasteiger partial charge in [-0.25, -0.2) is 0 Å². The van der Waals surface area contributed by atoms with Crippen LogP contribution in [0.1, 0.15) is 5.56 Å². The molecule has 0 aliphatic carbocycles. The van der Waals surface area contributed by atoms with E-state index in [0.29, 0.717) is 0 Å². The van der Waals surface area contributed by atoms with E-state index in [1.165, 1.54) is 11.6 Å². The van der Waals surface area contributed by atoms with Gasteiger partial charge in [0.2, 0.25) is 0 Å². The molecule has 0 spiro atoms. The monoisotopic (exact) mass is 349 g/mol. The Bertz CT molecular complexity index is 656. The molecule has 0 saturated heterocycles. The van der Waals surface area contributed by atoms with Crippen LogP contribution in [0.15, 0.2) is 23.6 Å². The predicted octanol–water partition coefficient (Wildman–Crippen LogP) is 3.74. The summed E-state index contributed by atoms with van der Waals surface area (Å²) in [5.74, 6) is 0.264. The minimum Gasteiger partial charge on any atom is -0.506 e. The van der Waals surface area contributed by atoms with Gasteiger partial charge in [0, 0.05) is 38.5 Å². The Morgan fingerprint density at radius 2 is 1.78 bits per heavy atom. The fraction of sp³-hybridized carbons (Fsp3) is 0.412. The van der Waals surface area contributed by atoms with Gasteiger partial charge in [-0.1, -0.05) is 25.2 Å². The number of phenols is 1. The number of anilines is 3. The number of benzene rings is 1. The molecule has 0 unspecified atom stereocenters. The highest BCUT2D eigenvalue weighted by Gasteiger charge is 2.26. The molecule has 0 atom stereocenters. The van der Waals surface area contributed by atoms with Crippen molar-refractivity contribution in [1.29, 1.82) is 0 Å². The molecule has 0 radical (unpaired) electrons. The van der Waals surface area contributed by atoms with Gasteiger partial charge in [0.15, 0.2) is 0 Å². The van der Waals surface area contributed by atoms with E-state index in [1.807, 2.05) is 38.5 Å². The van der Waals surface area contributed by atoms with Gasteiger partial charge < -0.3 is 21.1 Å². The second kappa shape index (κ2) is 7.27. The van der Waals surface area contributed by atoms with Gasteiger partial charge in [-0.15, -0.1) is 0 Å². The summed E-state index contributed by atoms with van der Waals surface area (Å²) in [5.41, 5.74) is 3.96. The Kier molecular flexibility index (Phi) is 5.59. The van der Waals surface area contributed by atoms with Crippen LogP contribution in [0.4, 0.5) is 17.1 Å². The average molecular weight is 350 g/mol. The number of aromatic hydroxyl groups is 1. The first-order valence-electron chi connectivity index (χ1n) is 7.90. The van der Waals surface area contributed by atoms with Crippen LogP contribution in [0, 0.1) is 0 Å². The lowest BCUT2D eigenvalue weighted by Gasteiger charge is -2.24. The van der Waals surface area contributed by atoms with Crippen molar-refractivity contribution in [1.82, 2.24) is 0 Å². The van der Waals surface area contributed by atoms with Crippen molar-refractivity contribution < 1.29 is 5.11 Å². The number of thiophene rings is 1. The van der Waals surface area contributed by atoms with Gasteiger partial charge in [-0.2, -0.15) is 11.3 Å². The predicted molar refractivity (Wildman–Crippen MR) is 107 cm³/mol. The lowest BCUT2D eigenvalue weighted by atomic mass is 10.0. The summed E-state index contributed by atoms with van der Waals surface area (Å²) >= 11 is 1.87. The Hall–Kier alpha value is -1.66. The van der Waals surface area contributed by atoms with E-state index in [9.17, 15) is 5.11 Å². The van der Waals surface area contributed by atoms with Crippen LogP contribution in [-0.4, -0.2) is 34.3 Å². The van der Waals surface area contributed by atoms with Crippen molar-refractivity contribution in [2.45, 2.75) is 25.6 Å². The summed E-state index contributed by atoms with van der Waals surface area (Å²) in [5, 5.41) is 22.0. The van der Waals surface area contributed by atoms with Gasteiger partial charge in [-0.3, -0.25) is 0 Å². The van der Waals surface area contributed by atoms with Crippen LogP contribution < -0.4 is 20.5 Å². The molecule has 1 aromatic carbocycles. The summed E-state index contributed by atoms with van der Waals surface area (Å²) in [4.78, 5) is 0. The molecule has 6 heteroatoms. The number of hydrogen-bond donors (Lipinski definition) is 4. The highest BCUT2D eigenvalue weighted by Crippen LogP contribution is 2.40. The molecule has 2 rings (SSSR count). The molecule has 2 aromatic rings. The van der Waals surface area contributed by atoms with E-state index in [4.69, 9.17) is 0 Å². The van der Waals surface area contributed by atoms with Gasteiger partial charge in [0.05, 0.1) is 13.8 Å². The zero-order valence-corrected chi connectivity index (χ0v) is 16.4. The van der Waals surface area contributed by atoms with E-state index in [2.05, 4.69) is 46.6 Å². The Labute approximate surface area is 144 Å². The topological polar surface area (TPSA) is 56.3 Å². The molecule has 1 aromatic heterocycles. The van der Waals surface area contributed by atoms with Crippen molar-refractivity contribution in [3.63, 3.8) is 0 Å². The highest BCUT2D eigenvalue weighted by molar-refractivity contribution is 7.25. The zero-order chi connectivity index (χ0) is 17.0. The normalized spacial score (nSPS) is 11.3. The third kappa shape index (κ3) is 3.64. The van der Waals surface area contributed by atoms with Crippen LogP contribution >= 0.6 is 11.3 Å². The third-order valence-corrected chi connectivity index (χ3v) is 10.1. The van der Waals surface area contributed by atoms with Crippen LogP contribution in [0.25, 0.3) is 0 Å². The Balaban J connectivity index is 2.35. The summed E-state index contributed by atoms with van der Waals surface area (Å²) in [7, 11) is 4.20. The maximum atomic E-state index is 10.2. The van der Waals surface area contributed by atoms with Crippen molar-refractivity contribution in [3.05, 3.63) is 29.1 Å². The SMILES string of the molecule is CNc1cc(O)c(NC)c(NC)c1CC[Si](C)(C)c1cccs1. The third-order valence-electron chi connectivity index (χ3n) is 4.37. The maximum Gasteiger partial charge on any atom is 0.142 e. The molecule has 0 aliphatic heterocycles. The standard InChI is InChI=1S/C17H27N3OSSi/c1-18-13-11-14(21)17(20-3)16(19-2)12(13)8-10-23(4,5)15-7-6-9-22-15/h6-7,9,11,18-21H,8,10H2,1-5H3. The molecule has 0 bridgehead atoms. The summed E-state index contributed by atoms with van der Waals surface area (Å²) < 4.78 is 1.54. The minimum atomic E-state index is -1.44. The first-order valence-corrected chi connectivity index (χ1v) is 12.0. The van der Waals surface area contributed by atoms with E-state index >= 15 is 0 Å². The van der Waals surface area contributed by atoms with Crippen molar-refractivity contribution in [2.75, 3.05) is 37.1 Å². The van der Waals surface area contributed by atoms with Gasteiger partial charge in [0.25, 0.3) is 0 Å². The molecule has 0 saturated carbocycles. The van der Waals surface area contributed by atoms with Crippen LogP contribution in [-0.2, 0) is 6.42 Å².